The van der Waals surface area contributed by atoms with Gasteiger partial charge in [0.2, 0.25) is 10.0 Å². The standard InChI is InChI=1S/C28H35N7O3S/c1-28(2)7-5-23-22(13-28)27(33-17-32-23)35-9-10-38-24-4-3-18(11-20(24)16-35)19-12-25(26(29)31-14-19)39(36,37)34-21-6-8-30-15-21/h3-4,11-12,14,17,21,30,34H,5-10,13,15-16H2,1-2H3,(H2,29,31). The molecule has 2 aliphatic heterocycles. The Balaban J connectivity index is 1.31. The molecule has 0 radical (unpaired) electrons. The summed E-state index contributed by atoms with van der Waals surface area (Å²) in [7, 11) is -3.82. The number of anilines is 2. The summed E-state index contributed by atoms with van der Waals surface area (Å²) in [5.41, 5.74) is 11.1. The molecule has 3 aliphatic rings. The van der Waals surface area contributed by atoms with Crippen molar-refractivity contribution in [2.75, 3.05) is 36.9 Å². The number of aryl methyl sites for hydroxylation is 1. The van der Waals surface area contributed by atoms with Gasteiger partial charge in [0.1, 0.15) is 35.2 Å². The Hall–Kier alpha value is -3.28. The van der Waals surface area contributed by atoms with E-state index in [-0.39, 0.29) is 22.2 Å². The van der Waals surface area contributed by atoms with Crippen LogP contribution in [0.2, 0.25) is 0 Å². The van der Waals surface area contributed by atoms with Crippen LogP contribution < -0.4 is 25.4 Å². The van der Waals surface area contributed by atoms with Crippen molar-refractivity contribution in [3.05, 3.63) is 53.6 Å². The van der Waals surface area contributed by atoms with Gasteiger partial charge in [-0.1, -0.05) is 19.9 Å². The number of nitrogens with two attached hydrogens (primary N) is 1. The van der Waals surface area contributed by atoms with Crippen LogP contribution >= 0.6 is 0 Å². The average molecular weight is 550 g/mol. The number of benzene rings is 1. The number of fused-ring (bicyclic) bond motifs is 2. The van der Waals surface area contributed by atoms with Crippen molar-refractivity contribution in [3.63, 3.8) is 0 Å². The van der Waals surface area contributed by atoms with Crippen LogP contribution in [0.25, 0.3) is 11.1 Å². The van der Waals surface area contributed by atoms with Crippen LogP contribution in [-0.4, -0.2) is 55.7 Å². The first-order valence-electron chi connectivity index (χ1n) is 13.5. The molecule has 39 heavy (non-hydrogen) atoms. The van der Waals surface area contributed by atoms with Crippen LogP contribution in [0.5, 0.6) is 5.75 Å². The number of aromatic nitrogens is 3. The van der Waals surface area contributed by atoms with E-state index in [0.717, 1.165) is 60.6 Å². The molecule has 4 heterocycles. The maximum Gasteiger partial charge on any atom is 0.244 e. The minimum Gasteiger partial charge on any atom is -0.491 e. The fourth-order valence-corrected chi connectivity index (χ4v) is 7.13. The molecule has 6 rings (SSSR count). The molecule has 11 heteroatoms. The lowest BCUT2D eigenvalue weighted by Crippen LogP contribution is -2.36. The molecular weight excluding hydrogens is 514 g/mol. The normalized spacial score (nSPS) is 20.6. The zero-order valence-corrected chi connectivity index (χ0v) is 23.2. The van der Waals surface area contributed by atoms with E-state index in [0.29, 0.717) is 31.8 Å². The minimum atomic E-state index is -3.82. The van der Waals surface area contributed by atoms with Gasteiger partial charge in [0.15, 0.2) is 0 Å². The van der Waals surface area contributed by atoms with E-state index in [1.54, 1.807) is 18.6 Å². The first kappa shape index (κ1) is 26.0. The van der Waals surface area contributed by atoms with E-state index in [4.69, 9.17) is 15.5 Å². The molecule has 1 aliphatic carbocycles. The van der Waals surface area contributed by atoms with Gasteiger partial charge in [-0.15, -0.1) is 0 Å². The highest BCUT2D eigenvalue weighted by molar-refractivity contribution is 7.89. The van der Waals surface area contributed by atoms with Crippen molar-refractivity contribution in [2.24, 2.45) is 5.41 Å². The van der Waals surface area contributed by atoms with Gasteiger partial charge in [0.05, 0.1) is 6.54 Å². The molecule has 206 valence electrons. The number of nitrogen functional groups attached to an aromatic ring is 1. The molecule has 3 aromatic rings. The van der Waals surface area contributed by atoms with Crippen LogP contribution in [0.15, 0.2) is 41.7 Å². The SMILES string of the molecule is CC1(C)CCc2ncnc(N3CCOc4ccc(-c5cnc(N)c(S(=O)(=O)NC6CCNC6)c5)cc4C3)c2C1. The average Bonchev–Trinajstić information content (AvgIpc) is 3.31. The third kappa shape index (κ3) is 5.30. The first-order valence-corrected chi connectivity index (χ1v) is 15.0. The van der Waals surface area contributed by atoms with Gasteiger partial charge >= 0.3 is 0 Å². The van der Waals surface area contributed by atoms with Gasteiger partial charge < -0.3 is 20.7 Å². The van der Waals surface area contributed by atoms with Gasteiger partial charge in [-0.3, -0.25) is 0 Å². The van der Waals surface area contributed by atoms with E-state index in [2.05, 4.69) is 38.8 Å². The second-order valence-electron chi connectivity index (χ2n) is 11.5. The molecule has 0 amide bonds. The van der Waals surface area contributed by atoms with E-state index in [1.807, 2.05) is 18.2 Å². The summed E-state index contributed by atoms with van der Waals surface area (Å²) in [6.45, 7) is 7.86. The Morgan fingerprint density at radius 3 is 2.87 bits per heavy atom. The topological polar surface area (TPSA) is 135 Å². The second-order valence-corrected chi connectivity index (χ2v) is 13.2. The molecule has 1 atom stereocenters. The van der Waals surface area contributed by atoms with E-state index in [1.165, 1.54) is 5.56 Å². The number of hydrogen-bond donors (Lipinski definition) is 3. The third-order valence-electron chi connectivity index (χ3n) is 7.93. The monoisotopic (exact) mass is 549 g/mol. The molecular formula is C28H35N7O3S. The summed E-state index contributed by atoms with van der Waals surface area (Å²) in [4.78, 5) is 15.8. The summed E-state index contributed by atoms with van der Waals surface area (Å²) >= 11 is 0. The van der Waals surface area contributed by atoms with Crippen molar-refractivity contribution in [3.8, 4) is 16.9 Å². The third-order valence-corrected chi connectivity index (χ3v) is 9.48. The molecule has 1 saturated heterocycles. The number of sulfonamides is 1. The van der Waals surface area contributed by atoms with Gasteiger partial charge in [0.25, 0.3) is 0 Å². The minimum absolute atomic E-state index is 0.00468. The molecule has 1 fully saturated rings. The summed E-state index contributed by atoms with van der Waals surface area (Å²) in [5.74, 6) is 1.78. The molecule has 0 bridgehead atoms. The molecule has 1 aromatic carbocycles. The van der Waals surface area contributed by atoms with Crippen LogP contribution in [0.1, 0.15) is 43.5 Å². The van der Waals surface area contributed by atoms with E-state index < -0.39 is 10.0 Å². The van der Waals surface area contributed by atoms with Gasteiger partial charge in [-0.05, 0) is 61.4 Å². The highest BCUT2D eigenvalue weighted by Crippen LogP contribution is 2.39. The quantitative estimate of drug-likeness (QED) is 0.439. The highest BCUT2D eigenvalue weighted by Gasteiger charge is 2.31. The van der Waals surface area contributed by atoms with Crippen molar-refractivity contribution >= 4 is 21.7 Å². The Kier molecular flexibility index (Phi) is 6.68. The number of pyridine rings is 1. The molecule has 4 N–H and O–H groups in total. The Labute approximate surface area is 229 Å². The number of hydrogen-bond acceptors (Lipinski definition) is 9. The lowest BCUT2D eigenvalue weighted by Gasteiger charge is -2.33. The summed E-state index contributed by atoms with van der Waals surface area (Å²) < 4.78 is 35.1. The Morgan fingerprint density at radius 2 is 2.05 bits per heavy atom. The first-order chi connectivity index (χ1) is 18.7. The summed E-state index contributed by atoms with van der Waals surface area (Å²) in [6, 6.07) is 7.36. The zero-order chi connectivity index (χ0) is 27.2. The maximum atomic E-state index is 13.1. The Bertz CT molecular complexity index is 1500. The second kappa shape index (κ2) is 10.0. The number of nitrogens with zero attached hydrogens (tertiary/aromatic N) is 4. The molecule has 0 saturated carbocycles. The number of nitrogens with one attached hydrogen (secondary N) is 2. The summed E-state index contributed by atoms with van der Waals surface area (Å²) in [6.07, 6.45) is 7.05. The van der Waals surface area contributed by atoms with Crippen molar-refractivity contribution in [1.29, 1.82) is 0 Å². The maximum absolute atomic E-state index is 13.1. The molecule has 0 spiro atoms. The number of ether oxygens (including phenoxy) is 1. The van der Waals surface area contributed by atoms with Crippen molar-refractivity contribution < 1.29 is 13.2 Å². The van der Waals surface area contributed by atoms with Gasteiger partial charge in [-0.25, -0.2) is 28.1 Å². The summed E-state index contributed by atoms with van der Waals surface area (Å²) in [5, 5.41) is 3.17. The van der Waals surface area contributed by atoms with Crippen LogP contribution in [0.4, 0.5) is 11.6 Å². The zero-order valence-electron chi connectivity index (χ0n) is 22.4. The van der Waals surface area contributed by atoms with Crippen LogP contribution in [0.3, 0.4) is 0 Å². The smallest absolute Gasteiger partial charge is 0.244 e. The molecule has 10 nitrogen and oxygen atoms in total. The van der Waals surface area contributed by atoms with Crippen molar-refractivity contribution in [1.82, 2.24) is 25.0 Å². The lowest BCUT2D eigenvalue weighted by atomic mass is 9.76. The fraction of sp³-hybridized carbons (Fsp3) is 0.464. The highest BCUT2D eigenvalue weighted by atomic mass is 32.2. The Morgan fingerprint density at radius 1 is 1.18 bits per heavy atom. The number of rotatable bonds is 5. The van der Waals surface area contributed by atoms with Crippen LogP contribution in [-0.2, 0) is 29.4 Å². The fourth-order valence-electron chi connectivity index (χ4n) is 5.75. The largest absolute Gasteiger partial charge is 0.491 e. The van der Waals surface area contributed by atoms with E-state index >= 15 is 0 Å². The van der Waals surface area contributed by atoms with Gasteiger partial charge in [-0.2, -0.15) is 0 Å². The predicted octanol–water partition coefficient (Wildman–Crippen LogP) is 2.67. The van der Waals surface area contributed by atoms with Crippen LogP contribution in [0, 0.1) is 5.41 Å². The lowest BCUT2D eigenvalue weighted by molar-refractivity contribution is 0.310. The van der Waals surface area contributed by atoms with E-state index in [9.17, 15) is 8.42 Å². The molecule has 2 aromatic heterocycles. The predicted molar refractivity (Wildman–Crippen MR) is 150 cm³/mol. The van der Waals surface area contributed by atoms with Gasteiger partial charge in [0, 0.05) is 47.7 Å². The van der Waals surface area contributed by atoms with Crippen molar-refractivity contribution in [2.45, 2.75) is 57.0 Å². The molecule has 1 unspecified atom stereocenters.